The van der Waals surface area contributed by atoms with Crippen molar-refractivity contribution in [2.45, 2.75) is 11.5 Å². The van der Waals surface area contributed by atoms with E-state index in [1.165, 1.54) is 17.1 Å². The van der Waals surface area contributed by atoms with Gasteiger partial charge in [0.15, 0.2) is 6.61 Å². The number of nitrogens with one attached hydrogen (secondary N) is 1. The third kappa shape index (κ3) is 5.94. The van der Waals surface area contributed by atoms with Crippen LogP contribution in [-0.4, -0.2) is 36.8 Å². The predicted octanol–water partition coefficient (Wildman–Crippen LogP) is 4.09. The Kier molecular flexibility index (Phi) is 7.47. The zero-order valence-electron chi connectivity index (χ0n) is 15.1. The van der Waals surface area contributed by atoms with Crippen LogP contribution in [0.1, 0.15) is 22.6 Å². The van der Waals surface area contributed by atoms with Crippen LogP contribution < -0.4 is 14.9 Å². The molecule has 0 bridgehead atoms. The molecule has 1 aliphatic heterocycles. The van der Waals surface area contributed by atoms with Gasteiger partial charge in [0, 0.05) is 17.1 Å². The largest absolute Gasteiger partial charge is 0.493 e. The van der Waals surface area contributed by atoms with Gasteiger partial charge >= 0.3 is 0 Å². The third-order valence-corrected chi connectivity index (χ3v) is 6.86. The Bertz CT molecular complexity index is 775. The second kappa shape index (κ2) is 10.3. The first kappa shape index (κ1) is 19.6. The van der Waals surface area contributed by atoms with E-state index >= 15 is 0 Å². The first-order chi connectivity index (χ1) is 13.3. The highest BCUT2D eigenvalue weighted by Crippen LogP contribution is 2.45. The number of carbonyl (C=O) groups excluding carboxylic acids is 1. The summed E-state index contributed by atoms with van der Waals surface area (Å²) in [4.78, 5) is 11.9. The Morgan fingerprint density at radius 3 is 2.63 bits per heavy atom. The lowest BCUT2D eigenvalue weighted by Crippen LogP contribution is -2.24. The van der Waals surface area contributed by atoms with Crippen LogP contribution in [0.3, 0.4) is 0 Å². The molecule has 142 valence electrons. The van der Waals surface area contributed by atoms with Crippen LogP contribution in [0, 0.1) is 0 Å². The Labute approximate surface area is 167 Å². The number of para-hydroxylation sites is 1. The zero-order chi connectivity index (χ0) is 18.9. The van der Waals surface area contributed by atoms with E-state index in [-0.39, 0.29) is 12.5 Å². The van der Waals surface area contributed by atoms with Crippen molar-refractivity contribution in [2.75, 3.05) is 24.7 Å². The summed E-state index contributed by atoms with van der Waals surface area (Å²) in [6.07, 6.45) is 1.56. The molecule has 3 rings (SSSR count). The average molecular weight is 403 g/mol. The monoisotopic (exact) mass is 402 g/mol. The molecular formula is C20H22N2O3S2. The van der Waals surface area contributed by atoms with Crippen molar-refractivity contribution >= 4 is 35.6 Å². The molecule has 1 fully saturated rings. The van der Waals surface area contributed by atoms with Crippen molar-refractivity contribution in [3.63, 3.8) is 0 Å². The normalized spacial score (nSPS) is 14.4. The van der Waals surface area contributed by atoms with Gasteiger partial charge in [0.2, 0.25) is 0 Å². The van der Waals surface area contributed by atoms with Crippen LogP contribution in [0.2, 0.25) is 0 Å². The number of benzene rings is 2. The van der Waals surface area contributed by atoms with Gasteiger partial charge in [-0.05, 0) is 36.8 Å². The number of hydrogen-bond acceptors (Lipinski definition) is 6. The topological polar surface area (TPSA) is 59.9 Å². The fourth-order valence-corrected chi connectivity index (χ4v) is 5.36. The Hall–Kier alpha value is -2.12. The highest BCUT2D eigenvalue weighted by atomic mass is 32.2. The molecule has 0 radical (unpaired) electrons. The van der Waals surface area contributed by atoms with Gasteiger partial charge in [-0.1, -0.05) is 24.3 Å². The predicted molar refractivity (Wildman–Crippen MR) is 113 cm³/mol. The van der Waals surface area contributed by atoms with Gasteiger partial charge < -0.3 is 9.47 Å². The van der Waals surface area contributed by atoms with Gasteiger partial charge in [0.1, 0.15) is 11.5 Å². The SMILES string of the molecule is CCOc1ccccc1/C=N\NC(=O)COc1ccc(C2SCCS2)cc1. The van der Waals surface area contributed by atoms with Gasteiger partial charge in [-0.2, -0.15) is 5.10 Å². The Morgan fingerprint density at radius 2 is 1.89 bits per heavy atom. The highest BCUT2D eigenvalue weighted by molar-refractivity contribution is 8.19. The van der Waals surface area contributed by atoms with Crippen LogP contribution in [-0.2, 0) is 4.79 Å². The summed E-state index contributed by atoms with van der Waals surface area (Å²) in [5, 5.41) is 3.97. The van der Waals surface area contributed by atoms with Crippen molar-refractivity contribution in [1.82, 2.24) is 5.43 Å². The second-order valence-electron chi connectivity index (χ2n) is 5.70. The maximum atomic E-state index is 11.9. The van der Waals surface area contributed by atoms with E-state index in [4.69, 9.17) is 9.47 Å². The van der Waals surface area contributed by atoms with Gasteiger partial charge in [0.25, 0.3) is 5.91 Å². The molecule has 0 aliphatic carbocycles. The van der Waals surface area contributed by atoms with Crippen LogP contribution in [0.15, 0.2) is 53.6 Å². The van der Waals surface area contributed by atoms with E-state index in [2.05, 4.69) is 22.7 Å². The lowest BCUT2D eigenvalue weighted by Gasteiger charge is -2.10. The molecule has 2 aromatic carbocycles. The van der Waals surface area contributed by atoms with Crippen LogP contribution in [0.5, 0.6) is 11.5 Å². The summed E-state index contributed by atoms with van der Waals surface area (Å²) < 4.78 is 11.6. The molecule has 0 unspecified atom stereocenters. The number of rotatable bonds is 8. The quantitative estimate of drug-likeness (QED) is 0.532. The lowest BCUT2D eigenvalue weighted by molar-refractivity contribution is -0.123. The molecule has 5 nitrogen and oxygen atoms in total. The zero-order valence-corrected chi connectivity index (χ0v) is 16.7. The number of nitrogens with zero attached hydrogens (tertiary/aromatic N) is 1. The number of ether oxygens (including phenoxy) is 2. The van der Waals surface area contributed by atoms with Crippen molar-refractivity contribution in [3.8, 4) is 11.5 Å². The second-order valence-corrected chi connectivity index (χ2v) is 8.42. The smallest absolute Gasteiger partial charge is 0.277 e. The van der Waals surface area contributed by atoms with E-state index in [1.54, 1.807) is 6.21 Å². The van der Waals surface area contributed by atoms with Crippen molar-refractivity contribution < 1.29 is 14.3 Å². The molecule has 0 spiro atoms. The number of amides is 1. The summed E-state index contributed by atoms with van der Waals surface area (Å²) in [5.41, 5.74) is 4.56. The number of thioether (sulfide) groups is 2. The van der Waals surface area contributed by atoms with Crippen LogP contribution >= 0.6 is 23.5 Å². The van der Waals surface area contributed by atoms with E-state index < -0.39 is 0 Å². The minimum Gasteiger partial charge on any atom is -0.493 e. The Balaban J connectivity index is 1.45. The molecule has 2 aromatic rings. The molecule has 0 aromatic heterocycles. The number of carbonyl (C=O) groups is 1. The van der Waals surface area contributed by atoms with Gasteiger partial charge in [-0.15, -0.1) is 23.5 Å². The van der Waals surface area contributed by atoms with Crippen molar-refractivity contribution in [2.24, 2.45) is 5.10 Å². The highest BCUT2D eigenvalue weighted by Gasteiger charge is 2.17. The molecule has 1 aliphatic rings. The first-order valence-electron chi connectivity index (χ1n) is 8.76. The molecule has 1 amide bonds. The van der Waals surface area contributed by atoms with E-state index in [0.717, 1.165) is 11.3 Å². The molecule has 0 atom stereocenters. The summed E-state index contributed by atoms with van der Waals surface area (Å²) in [6.45, 7) is 2.41. The van der Waals surface area contributed by atoms with Crippen molar-refractivity contribution in [1.29, 1.82) is 0 Å². The number of hydrogen-bond donors (Lipinski definition) is 1. The summed E-state index contributed by atoms with van der Waals surface area (Å²) in [5.74, 6) is 3.48. The van der Waals surface area contributed by atoms with Gasteiger partial charge in [0.05, 0.1) is 17.4 Å². The lowest BCUT2D eigenvalue weighted by atomic mass is 10.2. The van der Waals surface area contributed by atoms with E-state index in [9.17, 15) is 4.79 Å². The average Bonchev–Trinajstić information content (AvgIpc) is 3.23. The van der Waals surface area contributed by atoms with Gasteiger partial charge in [-0.3, -0.25) is 4.79 Å². The molecule has 0 saturated carbocycles. The third-order valence-electron chi connectivity index (χ3n) is 3.76. The summed E-state index contributed by atoms with van der Waals surface area (Å²) in [7, 11) is 0. The molecule has 1 N–H and O–H groups in total. The minimum absolute atomic E-state index is 0.0866. The standard InChI is InChI=1S/C20H22N2O3S2/c1-2-24-18-6-4-3-5-16(18)13-21-22-19(23)14-25-17-9-7-15(8-10-17)20-26-11-12-27-20/h3-10,13,20H,2,11-12,14H2,1H3,(H,22,23)/b21-13-. The molecule has 1 heterocycles. The number of hydrazone groups is 1. The van der Waals surface area contributed by atoms with Gasteiger partial charge in [-0.25, -0.2) is 5.43 Å². The Morgan fingerprint density at radius 1 is 1.15 bits per heavy atom. The maximum Gasteiger partial charge on any atom is 0.277 e. The maximum absolute atomic E-state index is 11.9. The molecule has 27 heavy (non-hydrogen) atoms. The summed E-state index contributed by atoms with van der Waals surface area (Å²) in [6, 6.07) is 15.5. The van der Waals surface area contributed by atoms with Crippen molar-refractivity contribution in [3.05, 3.63) is 59.7 Å². The fourth-order valence-electron chi connectivity index (χ4n) is 2.50. The minimum atomic E-state index is -0.314. The molecular weight excluding hydrogens is 380 g/mol. The molecule has 1 saturated heterocycles. The fraction of sp³-hybridized carbons (Fsp3) is 0.300. The molecule has 7 heteroatoms. The van der Waals surface area contributed by atoms with Crippen LogP contribution in [0.25, 0.3) is 0 Å². The first-order valence-corrected chi connectivity index (χ1v) is 10.9. The van der Waals surface area contributed by atoms with E-state index in [1.807, 2.05) is 66.8 Å². The van der Waals surface area contributed by atoms with Crippen LogP contribution in [0.4, 0.5) is 0 Å². The summed E-state index contributed by atoms with van der Waals surface area (Å²) >= 11 is 3.93. The van der Waals surface area contributed by atoms with E-state index in [0.29, 0.717) is 16.9 Å².